The molecule has 0 bridgehead atoms. The Morgan fingerprint density at radius 2 is 1.60 bits per heavy atom. The van der Waals surface area contributed by atoms with Crippen molar-refractivity contribution in [2.75, 3.05) is 19.6 Å². The molecule has 0 amide bonds. The molecular formula is C12H23F3NO3S+. The number of hydrogen-bond acceptors (Lipinski definition) is 3. The van der Waals surface area contributed by atoms with Crippen molar-refractivity contribution < 1.29 is 30.5 Å². The van der Waals surface area contributed by atoms with E-state index in [9.17, 15) is 21.6 Å². The first-order chi connectivity index (χ1) is 9.22. The number of alkyl halides is 3. The first-order valence-corrected chi connectivity index (χ1v) is 8.52. The molecule has 20 heavy (non-hydrogen) atoms. The quantitative estimate of drug-likeness (QED) is 0.392. The summed E-state index contributed by atoms with van der Waals surface area (Å²) >= 11 is 0. The van der Waals surface area contributed by atoms with Gasteiger partial charge in [0.05, 0.1) is 0 Å². The standard InChI is InChI=1S/C12H23F3NO3S/c1-2-3-4-5-6-9-16(10-7-8-11-16)19-20(17,18)12(13,14)15/h2-11H2,1H3/q+1. The monoisotopic (exact) mass is 318 g/mol. The lowest BCUT2D eigenvalue weighted by Gasteiger charge is -2.29. The van der Waals surface area contributed by atoms with Crippen LogP contribution in [0.2, 0.25) is 0 Å². The topological polar surface area (TPSA) is 43.4 Å². The zero-order valence-electron chi connectivity index (χ0n) is 11.8. The average molecular weight is 318 g/mol. The van der Waals surface area contributed by atoms with Gasteiger partial charge in [-0.2, -0.15) is 26.2 Å². The maximum atomic E-state index is 12.4. The van der Waals surface area contributed by atoms with E-state index in [0.717, 1.165) is 25.7 Å². The van der Waals surface area contributed by atoms with E-state index in [1.807, 2.05) is 0 Å². The van der Waals surface area contributed by atoms with Crippen LogP contribution in [0, 0.1) is 0 Å². The largest absolute Gasteiger partial charge is 0.528 e. The summed E-state index contributed by atoms with van der Waals surface area (Å²) in [5, 5.41) is 0. The van der Waals surface area contributed by atoms with Gasteiger partial charge in [-0.15, -0.1) is 0 Å². The van der Waals surface area contributed by atoms with Gasteiger partial charge >= 0.3 is 15.6 Å². The lowest BCUT2D eigenvalue weighted by molar-refractivity contribution is -1.07. The van der Waals surface area contributed by atoms with Crippen molar-refractivity contribution in [2.24, 2.45) is 0 Å². The van der Waals surface area contributed by atoms with E-state index in [1.165, 1.54) is 0 Å². The number of halogens is 3. The molecule has 120 valence electrons. The van der Waals surface area contributed by atoms with E-state index in [1.54, 1.807) is 0 Å². The summed E-state index contributed by atoms with van der Waals surface area (Å²) in [7, 11) is -5.51. The second kappa shape index (κ2) is 7.09. The Morgan fingerprint density at radius 1 is 1.05 bits per heavy atom. The first kappa shape index (κ1) is 17.7. The van der Waals surface area contributed by atoms with Gasteiger partial charge in [-0.3, -0.25) is 0 Å². The molecule has 1 aliphatic heterocycles. The summed E-state index contributed by atoms with van der Waals surface area (Å²) in [5.41, 5.74) is -5.34. The SMILES string of the molecule is CCCCCCC[N+]1(OS(=O)(=O)C(F)(F)F)CCCC1. The van der Waals surface area contributed by atoms with Gasteiger partial charge in [-0.05, 0) is 12.8 Å². The summed E-state index contributed by atoms with van der Waals surface area (Å²) in [6.45, 7) is 3.08. The van der Waals surface area contributed by atoms with Crippen LogP contribution >= 0.6 is 0 Å². The maximum absolute atomic E-state index is 12.4. The van der Waals surface area contributed by atoms with Crippen molar-refractivity contribution >= 4 is 10.1 Å². The van der Waals surface area contributed by atoms with Crippen LogP contribution in [-0.4, -0.2) is 38.2 Å². The van der Waals surface area contributed by atoms with Crippen molar-refractivity contribution in [2.45, 2.75) is 57.4 Å². The minimum absolute atomic E-state index is 0.332. The lowest BCUT2D eigenvalue weighted by Crippen LogP contribution is -2.49. The Balaban J connectivity index is 2.59. The van der Waals surface area contributed by atoms with Crippen LogP contribution in [0.25, 0.3) is 0 Å². The number of likely N-dealkylation sites (tertiary alicyclic amines) is 1. The molecule has 0 aromatic rings. The highest BCUT2D eigenvalue weighted by Gasteiger charge is 2.54. The highest BCUT2D eigenvalue weighted by Crippen LogP contribution is 2.31. The Labute approximate surface area is 118 Å². The normalized spacial score (nSPS) is 19.4. The fourth-order valence-corrected chi connectivity index (χ4v) is 3.23. The summed E-state index contributed by atoms with van der Waals surface area (Å²) in [5.74, 6) is 0. The Morgan fingerprint density at radius 3 is 2.10 bits per heavy atom. The van der Waals surface area contributed by atoms with Crippen LogP contribution in [0.4, 0.5) is 13.2 Å². The lowest BCUT2D eigenvalue weighted by atomic mass is 10.1. The van der Waals surface area contributed by atoms with Crippen LogP contribution in [-0.2, 0) is 14.4 Å². The van der Waals surface area contributed by atoms with Crippen LogP contribution < -0.4 is 0 Å². The zero-order valence-corrected chi connectivity index (χ0v) is 12.6. The molecule has 4 nitrogen and oxygen atoms in total. The molecule has 1 saturated heterocycles. The summed E-state index contributed by atoms with van der Waals surface area (Å²) < 4.78 is 63.8. The zero-order chi connectivity index (χ0) is 15.3. The maximum Gasteiger partial charge on any atom is 0.528 e. The fourth-order valence-electron chi connectivity index (χ4n) is 2.50. The molecule has 1 rings (SSSR count). The first-order valence-electron chi connectivity index (χ1n) is 7.11. The molecule has 0 aliphatic carbocycles. The number of unbranched alkanes of at least 4 members (excludes halogenated alkanes) is 4. The van der Waals surface area contributed by atoms with Crippen molar-refractivity contribution in [3.63, 3.8) is 0 Å². The van der Waals surface area contributed by atoms with Gasteiger partial charge in [0.15, 0.2) is 0 Å². The Bertz CT molecular complexity index is 389. The molecule has 8 heteroatoms. The van der Waals surface area contributed by atoms with E-state index < -0.39 is 20.3 Å². The predicted octanol–water partition coefficient (Wildman–Crippen LogP) is 3.35. The van der Waals surface area contributed by atoms with Crippen molar-refractivity contribution in [3.05, 3.63) is 0 Å². The van der Waals surface area contributed by atoms with Gasteiger partial charge in [-0.1, -0.05) is 30.5 Å². The van der Waals surface area contributed by atoms with E-state index in [-0.39, 0.29) is 0 Å². The Hall–Kier alpha value is -0.340. The third-order valence-electron chi connectivity index (χ3n) is 3.59. The van der Waals surface area contributed by atoms with E-state index in [2.05, 4.69) is 11.2 Å². The average Bonchev–Trinajstić information content (AvgIpc) is 2.75. The third kappa shape index (κ3) is 4.89. The Kier molecular flexibility index (Phi) is 6.27. The number of rotatable bonds is 8. The molecule has 0 saturated carbocycles. The molecule has 0 aromatic carbocycles. The third-order valence-corrected chi connectivity index (χ3v) is 4.67. The summed E-state index contributed by atoms with van der Waals surface area (Å²) in [6.07, 6.45) is 6.16. The van der Waals surface area contributed by atoms with Crippen LogP contribution in [0.3, 0.4) is 0 Å². The highest BCUT2D eigenvalue weighted by atomic mass is 32.2. The van der Waals surface area contributed by atoms with Crippen molar-refractivity contribution in [3.8, 4) is 0 Å². The second-order valence-corrected chi connectivity index (χ2v) is 6.84. The number of hydroxylamine groups is 3. The highest BCUT2D eigenvalue weighted by molar-refractivity contribution is 7.87. The summed E-state index contributed by atoms with van der Waals surface area (Å²) in [6, 6.07) is 0. The van der Waals surface area contributed by atoms with E-state index >= 15 is 0 Å². The van der Waals surface area contributed by atoms with Crippen LogP contribution in [0.1, 0.15) is 51.9 Å². The predicted molar refractivity (Wildman–Crippen MR) is 68.9 cm³/mol. The molecule has 0 N–H and O–H groups in total. The van der Waals surface area contributed by atoms with Crippen molar-refractivity contribution in [1.82, 2.24) is 0 Å². The van der Waals surface area contributed by atoms with E-state index in [0.29, 0.717) is 38.9 Å². The van der Waals surface area contributed by atoms with Gasteiger partial charge in [0.25, 0.3) is 0 Å². The molecule has 1 fully saturated rings. The smallest absolute Gasteiger partial charge is 0.185 e. The fraction of sp³-hybridized carbons (Fsp3) is 1.00. The second-order valence-electron chi connectivity index (χ2n) is 5.32. The molecule has 1 heterocycles. The van der Waals surface area contributed by atoms with Gasteiger partial charge < -0.3 is 0 Å². The minimum atomic E-state index is -5.51. The molecule has 0 atom stereocenters. The minimum Gasteiger partial charge on any atom is -0.185 e. The van der Waals surface area contributed by atoms with Crippen LogP contribution in [0.5, 0.6) is 0 Å². The molecule has 0 aromatic heterocycles. The molecular weight excluding hydrogens is 295 g/mol. The van der Waals surface area contributed by atoms with Gasteiger partial charge in [-0.25, -0.2) is 0 Å². The molecule has 0 unspecified atom stereocenters. The van der Waals surface area contributed by atoms with Crippen LogP contribution in [0.15, 0.2) is 0 Å². The molecule has 0 radical (unpaired) electrons. The number of hydrogen-bond donors (Lipinski definition) is 0. The van der Waals surface area contributed by atoms with Gasteiger partial charge in [0.1, 0.15) is 19.6 Å². The molecule has 0 spiro atoms. The van der Waals surface area contributed by atoms with Gasteiger partial charge in [0.2, 0.25) is 0 Å². The number of nitrogens with zero attached hydrogens (tertiary/aromatic N) is 1. The molecule has 1 aliphatic rings. The van der Waals surface area contributed by atoms with E-state index in [4.69, 9.17) is 0 Å². The van der Waals surface area contributed by atoms with Gasteiger partial charge in [0, 0.05) is 12.8 Å². The number of quaternary nitrogens is 1. The van der Waals surface area contributed by atoms with Crippen molar-refractivity contribution in [1.29, 1.82) is 0 Å². The summed E-state index contributed by atoms with van der Waals surface area (Å²) in [4.78, 5) is 0.